The van der Waals surface area contributed by atoms with Gasteiger partial charge in [0.2, 0.25) is 0 Å². The highest BCUT2D eigenvalue weighted by atomic mass is 79.9. The number of halogens is 1. The molecule has 1 heterocycles. The van der Waals surface area contributed by atoms with Gasteiger partial charge in [-0.15, -0.1) is 0 Å². The van der Waals surface area contributed by atoms with Gasteiger partial charge in [-0.25, -0.2) is 0 Å². The lowest BCUT2D eigenvalue weighted by molar-refractivity contribution is -0.0419. The van der Waals surface area contributed by atoms with Crippen LogP contribution in [-0.2, 0) is 9.47 Å². The first-order chi connectivity index (χ1) is 13.4. The van der Waals surface area contributed by atoms with Crippen molar-refractivity contribution in [2.75, 3.05) is 18.5 Å². The highest BCUT2D eigenvalue weighted by Crippen LogP contribution is 2.32. The number of rotatable bonds is 5. The average molecular weight is 443 g/mol. The molecule has 0 unspecified atom stereocenters. The van der Waals surface area contributed by atoms with Crippen molar-refractivity contribution < 1.29 is 9.47 Å². The summed E-state index contributed by atoms with van der Waals surface area (Å²) in [6.45, 7) is 1.52. The fraction of sp³-hybridized carbons (Fsp3) is 0.217. The van der Waals surface area contributed by atoms with Crippen LogP contribution in [0.25, 0.3) is 0 Å². The topological polar surface area (TPSA) is 18.5 Å². The number of alkyl halides is 1. The van der Waals surface area contributed by atoms with E-state index in [1.165, 1.54) is 15.9 Å². The van der Waals surface area contributed by atoms with Gasteiger partial charge in [-0.05, 0) is 23.8 Å². The Morgan fingerprint density at radius 3 is 1.37 bits per heavy atom. The zero-order chi connectivity index (χ0) is 18.7. The third kappa shape index (κ3) is 6.26. The molecule has 1 fully saturated rings. The van der Waals surface area contributed by atoms with Gasteiger partial charge in [0.15, 0.2) is 6.29 Å². The molecule has 140 valence electrons. The van der Waals surface area contributed by atoms with Crippen LogP contribution in [0, 0.1) is 0 Å². The molecule has 4 rings (SSSR count). The molecule has 0 aliphatic carbocycles. The molecule has 27 heavy (non-hydrogen) atoms. The summed E-state index contributed by atoms with van der Waals surface area (Å²) < 4.78 is 10.3. The zero-order valence-electron chi connectivity index (χ0n) is 15.2. The van der Waals surface area contributed by atoms with Gasteiger partial charge in [0, 0.05) is 11.8 Å². The molecular formula is C23H24BrO2P. The molecular weight excluding hydrogens is 419 g/mol. The first-order valence-electron chi connectivity index (χ1n) is 9.13. The van der Waals surface area contributed by atoms with E-state index in [1.54, 1.807) is 0 Å². The Hall–Kier alpha value is -1.51. The summed E-state index contributed by atoms with van der Waals surface area (Å²) in [5.74, 6) is 0. The summed E-state index contributed by atoms with van der Waals surface area (Å²) in [6.07, 6.45) is 1.02. The van der Waals surface area contributed by atoms with Gasteiger partial charge in [-0.1, -0.05) is 107 Å². The molecule has 2 nitrogen and oxygen atoms in total. The summed E-state index contributed by atoms with van der Waals surface area (Å²) in [5.41, 5.74) is 0. The monoisotopic (exact) mass is 442 g/mol. The van der Waals surface area contributed by atoms with Crippen LogP contribution in [0.2, 0.25) is 0 Å². The van der Waals surface area contributed by atoms with Crippen molar-refractivity contribution in [2.24, 2.45) is 0 Å². The second kappa shape index (κ2) is 11.4. The molecule has 4 heteroatoms. The summed E-state index contributed by atoms with van der Waals surface area (Å²) in [6, 6.07) is 32.3. The van der Waals surface area contributed by atoms with Gasteiger partial charge in [-0.3, -0.25) is 0 Å². The van der Waals surface area contributed by atoms with Crippen LogP contribution in [-0.4, -0.2) is 24.8 Å². The summed E-state index contributed by atoms with van der Waals surface area (Å²) in [5, 5.41) is 5.15. The van der Waals surface area contributed by atoms with Crippen LogP contribution in [0.3, 0.4) is 0 Å². The van der Waals surface area contributed by atoms with E-state index in [4.69, 9.17) is 9.47 Å². The number of hydrogen-bond donors (Lipinski definition) is 0. The number of ether oxygens (including phenoxy) is 2. The van der Waals surface area contributed by atoms with Crippen molar-refractivity contribution in [1.29, 1.82) is 0 Å². The molecule has 3 aromatic rings. The highest BCUT2D eigenvalue weighted by Gasteiger charge is 2.15. The van der Waals surface area contributed by atoms with Gasteiger partial charge in [0.25, 0.3) is 0 Å². The lowest BCUT2D eigenvalue weighted by Crippen LogP contribution is -2.20. The Kier molecular flexibility index (Phi) is 8.51. The summed E-state index contributed by atoms with van der Waals surface area (Å²) in [4.78, 5) is 0. The number of hydrogen-bond acceptors (Lipinski definition) is 2. The van der Waals surface area contributed by atoms with E-state index >= 15 is 0 Å². The summed E-state index contributed by atoms with van der Waals surface area (Å²) >= 11 is 3.30. The average Bonchev–Trinajstić information content (AvgIpc) is 3.25. The Morgan fingerprint density at radius 1 is 0.667 bits per heavy atom. The van der Waals surface area contributed by atoms with Gasteiger partial charge in [-0.2, -0.15) is 0 Å². The molecule has 0 spiro atoms. The zero-order valence-corrected chi connectivity index (χ0v) is 17.7. The van der Waals surface area contributed by atoms with Gasteiger partial charge < -0.3 is 9.47 Å². The third-order valence-electron chi connectivity index (χ3n) is 4.08. The van der Waals surface area contributed by atoms with Crippen molar-refractivity contribution >= 4 is 39.8 Å². The van der Waals surface area contributed by atoms with E-state index < -0.39 is 7.92 Å². The summed E-state index contributed by atoms with van der Waals surface area (Å²) in [7, 11) is -0.446. The van der Waals surface area contributed by atoms with Crippen LogP contribution < -0.4 is 15.9 Å². The second-order valence-electron chi connectivity index (χ2n) is 5.99. The van der Waals surface area contributed by atoms with E-state index in [9.17, 15) is 0 Å². The van der Waals surface area contributed by atoms with Crippen LogP contribution in [0.1, 0.15) is 6.42 Å². The molecule has 3 aromatic carbocycles. The minimum atomic E-state index is -0.446. The maximum absolute atomic E-state index is 5.14. The van der Waals surface area contributed by atoms with Crippen LogP contribution in [0.15, 0.2) is 91.0 Å². The molecule has 0 atom stereocenters. The lowest BCUT2D eigenvalue weighted by atomic mass is 10.4. The van der Waals surface area contributed by atoms with E-state index in [2.05, 4.69) is 107 Å². The molecule has 0 saturated carbocycles. The van der Waals surface area contributed by atoms with E-state index in [-0.39, 0.29) is 6.29 Å². The molecule has 1 aliphatic rings. The quantitative estimate of drug-likeness (QED) is 0.424. The standard InChI is InChI=1S/C18H15P.C5H9BrO2/c1-4-10-16(11-5-1)19(17-12-6-2-7-13-17)18-14-8-3-9-15-18;6-2-1-5-7-3-4-8-5/h1-15H;5H,1-4H2. The van der Waals surface area contributed by atoms with Crippen LogP contribution in [0.4, 0.5) is 0 Å². The minimum absolute atomic E-state index is 0.0642. The number of benzene rings is 3. The molecule has 0 bridgehead atoms. The van der Waals surface area contributed by atoms with Crippen LogP contribution >= 0.6 is 23.9 Å². The fourth-order valence-corrected chi connectivity index (χ4v) is 5.52. The van der Waals surface area contributed by atoms with E-state index in [0.29, 0.717) is 0 Å². The highest BCUT2D eigenvalue weighted by molar-refractivity contribution is 9.09. The van der Waals surface area contributed by atoms with E-state index in [1.807, 2.05) is 0 Å². The Balaban J connectivity index is 0.000000221. The largest absolute Gasteiger partial charge is 0.350 e. The maximum Gasteiger partial charge on any atom is 0.158 e. The lowest BCUT2D eigenvalue weighted by Gasteiger charge is -2.18. The predicted molar refractivity (Wildman–Crippen MR) is 119 cm³/mol. The van der Waals surface area contributed by atoms with Crippen molar-refractivity contribution in [3.05, 3.63) is 91.0 Å². The Labute approximate surface area is 171 Å². The second-order valence-corrected chi connectivity index (χ2v) is 9.00. The van der Waals surface area contributed by atoms with Crippen LogP contribution in [0.5, 0.6) is 0 Å². The van der Waals surface area contributed by atoms with Gasteiger partial charge >= 0.3 is 0 Å². The van der Waals surface area contributed by atoms with Gasteiger partial charge in [0.05, 0.1) is 13.2 Å². The van der Waals surface area contributed by atoms with Gasteiger partial charge in [0.1, 0.15) is 0 Å². The molecule has 1 saturated heterocycles. The fourth-order valence-electron chi connectivity index (χ4n) is 2.84. The molecule has 0 amide bonds. The first-order valence-corrected chi connectivity index (χ1v) is 11.6. The first kappa shape index (κ1) is 20.2. The third-order valence-corrected chi connectivity index (χ3v) is 6.98. The normalized spacial score (nSPS) is 14.0. The van der Waals surface area contributed by atoms with E-state index in [0.717, 1.165) is 25.0 Å². The van der Waals surface area contributed by atoms with Crippen molar-refractivity contribution in [3.63, 3.8) is 0 Å². The van der Waals surface area contributed by atoms with Crippen molar-refractivity contribution in [1.82, 2.24) is 0 Å². The van der Waals surface area contributed by atoms with Crippen molar-refractivity contribution in [2.45, 2.75) is 12.7 Å². The smallest absolute Gasteiger partial charge is 0.158 e. The SMILES string of the molecule is BrCCC1OCCO1.c1ccc(P(c2ccccc2)c2ccccc2)cc1. The molecule has 0 N–H and O–H groups in total. The Bertz CT molecular complexity index is 668. The van der Waals surface area contributed by atoms with Crippen molar-refractivity contribution in [3.8, 4) is 0 Å². The molecule has 0 radical (unpaired) electrons. The minimum Gasteiger partial charge on any atom is -0.350 e. The molecule has 1 aliphatic heterocycles. The predicted octanol–water partition coefficient (Wildman–Crippen LogP) is 4.59. The maximum atomic E-state index is 5.14. The molecule has 0 aromatic heterocycles. The Morgan fingerprint density at radius 2 is 1.04 bits per heavy atom.